The van der Waals surface area contributed by atoms with Gasteiger partial charge in [0.15, 0.2) is 0 Å². The number of hydrogen-bond acceptors (Lipinski definition) is 3. The van der Waals surface area contributed by atoms with Crippen molar-refractivity contribution < 1.29 is 4.39 Å². The minimum absolute atomic E-state index is 0. The number of amidine groups is 1. The predicted octanol–water partition coefficient (Wildman–Crippen LogP) is 0.509. The van der Waals surface area contributed by atoms with Crippen LogP contribution in [0.5, 0.6) is 0 Å². The van der Waals surface area contributed by atoms with E-state index in [0.717, 1.165) is 12.3 Å². The molecule has 12 heavy (non-hydrogen) atoms. The molecule has 0 aromatic carbocycles. The third-order valence-electron chi connectivity index (χ3n) is 1.14. The number of pyridine rings is 1. The lowest BCUT2D eigenvalue weighted by Crippen LogP contribution is -2.15. The van der Waals surface area contributed by atoms with Crippen LogP contribution >= 0.6 is 12.4 Å². The van der Waals surface area contributed by atoms with Gasteiger partial charge >= 0.3 is 0 Å². The van der Waals surface area contributed by atoms with E-state index in [4.69, 9.17) is 16.9 Å². The molecule has 1 rings (SSSR count). The fourth-order valence-electron chi connectivity index (χ4n) is 0.680. The predicted molar refractivity (Wildman–Crippen MR) is 46.9 cm³/mol. The van der Waals surface area contributed by atoms with Crippen molar-refractivity contribution in [2.75, 3.05) is 5.73 Å². The summed E-state index contributed by atoms with van der Waals surface area (Å²) in [5.41, 5.74) is 10.6. The number of nitrogen functional groups attached to an aromatic ring is 2. The van der Waals surface area contributed by atoms with Gasteiger partial charge in [-0.05, 0) is 0 Å². The molecule has 0 radical (unpaired) electrons. The van der Waals surface area contributed by atoms with Gasteiger partial charge in [0.05, 0.1) is 11.9 Å². The summed E-state index contributed by atoms with van der Waals surface area (Å²) in [5, 5.41) is 6.96. The van der Waals surface area contributed by atoms with Gasteiger partial charge in [0.25, 0.3) is 0 Å². The van der Waals surface area contributed by atoms with Crippen molar-refractivity contribution in [1.82, 2.24) is 4.98 Å². The number of hydrogen-bond donors (Lipinski definition) is 3. The number of rotatable bonds is 1. The number of halogens is 2. The number of nitrogens with zero attached hydrogens (tertiary/aromatic N) is 1. The summed E-state index contributed by atoms with van der Waals surface area (Å²) in [5.74, 6) is -0.796. The van der Waals surface area contributed by atoms with Crippen LogP contribution in [0.15, 0.2) is 12.3 Å². The Labute approximate surface area is 74.7 Å². The summed E-state index contributed by atoms with van der Waals surface area (Å²) in [7, 11) is 0. The van der Waals surface area contributed by atoms with Crippen LogP contribution in [0.1, 0.15) is 5.69 Å². The topological polar surface area (TPSA) is 88.8 Å². The molecular weight excluding hydrogens is 183 g/mol. The molecule has 0 aliphatic carbocycles. The first-order chi connectivity index (χ1) is 5.11. The monoisotopic (exact) mass is 190 g/mol. The van der Waals surface area contributed by atoms with Gasteiger partial charge in [0, 0.05) is 6.07 Å². The van der Waals surface area contributed by atoms with Gasteiger partial charge in [-0.2, -0.15) is 0 Å². The summed E-state index contributed by atoms with van der Waals surface area (Å²) in [4.78, 5) is 3.53. The first kappa shape index (κ1) is 10.6. The Bertz CT molecular complexity index is 302. The number of aromatic nitrogens is 1. The number of nitrogens with one attached hydrogen (secondary N) is 1. The third kappa shape index (κ3) is 2.06. The van der Waals surface area contributed by atoms with Crippen LogP contribution in [-0.2, 0) is 0 Å². The molecule has 66 valence electrons. The Hall–Kier alpha value is -1.36. The van der Waals surface area contributed by atoms with Gasteiger partial charge < -0.3 is 11.5 Å². The Morgan fingerprint density at radius 1 is 1.58 bits per heavy atom. The molecule has 1 aromatic rings. The first-order valence-electron chi connectivity index (χ1n) is 2.86. The lowest BCUT2D eigenvalue weighted by Gasteiger charge is -2.00. The minimum atomic E-state index is -0.535. The maximum atomic E-state index is 12.4. The lowest BCUT2D eigenvalue weighted by atomic mass is 10.3. The van der Waals surface area contributed by atoms with Crippen LogP contribution in [0, 0.1) is 11.2 Å². The molecule has 0 saturated carbocycles. The molecule has 0 atom stereocenters. The standard InChI is InChI=1S/C6H7FN4.ClH/c7-3-1-4(8)5(6(9)10)11-2-3;/h1-2H,8H2,(H3,9,10);1H. The zero-order chi connectivity index (χ0) is 8.43. The molecule has 5 N–H and O–H groups in total. The molecule has 0 aliphatic rings. The van der Waals surface area contributed by atoms with Crippen molar-refractivity contribution >= 4 is 23.9 Å². The second-order valence-corrected chi connectivity index (χ2v) is 2.01. The average Bonchev–Trinajstić information content (AvgIpc) is 1.85. The highest BCUT2D eigenvalue weighted by molar-refractivity contribution is 5.97. The van der Waals surface area contributed by atoms with Gasteiger partial charge in [0.1, 0.15) is 17.3 Å². The van der Waals surface area contributed by atoms with Crippen molar-refractivity contribution in [2.45, 2.75) is 0 Å². The van der Waals surface area contributed by atoms with E-state index in [1.165, 1.54) is 0 Å². The molecule has 0 bridgehead atoms. The fourth-order valence-corrected chi connectivity index (χ4v) is 0.680. The Morgan fingerprint density at radius 3 is 2.58 bits per heavy atom. The van der Waals surface area contributed by atoms with Gasteiger partial charge in [-0.1, -0.05) is 0 Å². The van der Waals surface area contributed by atoms with E-state index in [-0.39, 0.29) is 29.6 Å². The zero-order valence-corrected chi connectivity index (χ0v) is 6.86. The van der Waals surface area contributed by atoms with E-state index in [2.05, 4.69) is 4.98 Å². The third-order valence-corrected chi connectivity index (χ3v) is 1.14. The van der Waals surface area contributed by atoms with Crippen molar-refractivity contribution in [3.05, 3.63) is 23.8 Å². The zero-order valence-electron chi connectivity index (χ0n) is 6.04. The molecule has 0 fully saturated rings. The van der Waals surface area contributed by atoms with Crippen molar-refractivity contribution in [3.8, 4) is 0 Å². The summed E-state index contributed by atoms with van der Waals surface area (Å²) < 4.78 is 12.4. The maximum Gasteiger partial charge on any atom is 0.143 e. The van der Waals surface area contributed by atoms with Crippen LogP contribution in [0.3, 0.4) is 0 Å². The highest BCUT2D eigenvalue weighted by atomic mass is 35.5. The molecule has 0 aliphatic heterocycles. The smallest absolute Gasteiger partial charge is 0.143 e. The molecule has 0 amide bonds. The molecular formula is C6H8ClFN4. The summed E-state index contributed by atoms with van der Waals surface area (Å²) >= 11 is 0. The van der Waals surface area contributed by atoms with Gasteiger partial charge in [-0.3, -0.25) is 5.41 Å². The second-order valence-electron chi connectivity index (χ2n) is 2.01. The van der Waals surface area contributed by atoms with E-state index < -0.39 is 5.82 Å². The largest absolute Gasteiger partial charge is 0.397 e. The number of anilines is 1. The first-order valence-corrected chi connectivity index (χ1v) is 2.86. The second kappa shape index (κ2) is 3.87. The van der Waals surface area contributed by atoms with Gasteiger partial charge in [0.2, 0.25) is 0 Å². The molecule has 0 unspecified atom stereocenters. The highest BCUT2D eigenvalue weighted by Crippen LogP contribution is 2.08. The van der Waals surface area contributed by atoms with Gasteiger partial charge in [-0.25, -0.2) is 9.37 Å². The van der Waals surface area contributed by atoms with Crippen LogP contribution in [-0.4, -0.2) is 10.8 Å². The quantitative estimate of drug-likeness (QED) is 0.445. The normalized spacial score (nSPS) is 8.75. The van der Waals surface area contributed by atoms with Crippen molar-refractivity contribution in [2.24, 2.45) is 5.73 Å². The van der Waals surface area contributed by atoms with E-state index in [1.54, 1.807) is 0 Å². The van der Waals surface area contributed by atoms with Gasteiger partial charge in [-0.15, -0.1) is 12.4 Å². The van der Waals surface area contributed by atoms with Crippen LogP contribution in [0.4, 0.5) is 10.1 Å². The summed E-state index contributed by atoms with van der Waals surface area (Å²) in [6.07, 6.45) is 0.965. The van der Waals surface area contributed by atoms with Crippen LogP contribution in [0.25, 0.3) is 0 Å². The molecule has 1 heterocycles. The highest BCUT2D eigenvalue weighted by Gasteiger charge is 2.03. The Morgan fingerprint density at radius 2 is 2.17 bits per heavy atom. The lowest BCUT2D eigenvalue weighted by molar-refractivity contribution is 0.622. The number of nitrogens with two attached hydrogens (primary N) is 2. The molecule has 0 saturated heterocycles. The molecule has 1 aromatic heterocycles. The Balaban J connectivity index is 0.00000121. The van der Waals surface area contributed by atoms with Crippen LogP contribution in [0.2, 0.25) is 0 Å². The van der Waals surface area contributed by atoms with E-state index >= 15 is 0 Å². The maximum absolute atomic E-state index is 12.4. The van der Waals surface area contributed by atoms with E-state index in [9.17, 15) is 4.39 Å². The summed E-state index contributed by atoms with van der Waals surface area (Å²) in [6.45, 7) is 0. The minimum Gasteiger partial charge on any atom is -0.397 e. The molecule has 0 spiro atoms. The average molecular weight is 191 g/mol. The van der Waals surface area contributed by atoms with Crippen molar-refractivity contribution in [3.63, 3.8) is 0 Å². The SMILES string of the molecule is Cl.N=C(N)c1ncc(F)cc1N. The van der Waals surface area contributed by atoms with Crippen molar-refractivity contribution in [1.29, 1.82) is 5.41 Å². The van der Waals surface area contributed by atoms with Crippen LogP contribution < -0.4 is 11.5 Å². The summed E-state index contributed by atoms with van der Waals surface area (Å²) in [6, 6.07) is 1.07. The molecule has 6 heteroatoms. The Kier molecular flexibility index (Phi) is 3.43. The van der Waals surface area contributed by atoms with E-state index in [0.29, 0.717) is 0 Å². The fraction of sp³-hybridized carbons (Fsp3) is 0. The molecule has 4 nitrogen and oxygen atoms in total. The van der Waals surface area contributed by atoms with E-state index in [1.807, 2.05) is 0 Å².